The molecule has 0 aliphatic carbocycles. The monoisotopic (exact) mass is 250 g/mol. The van der Waals surface area contributed by atoms with Gasteiger partial charge in [-0.25, -0.2) is 4.98 Å². The molecule has 1 amide bonds. The highest BCUT2D eigenvalue weighted by atomic mass is 32.1. The molecule has 0 aliphatic heterocycles. The first kappa shape index (κ1) is 11.8. The van der Waals surface area contributed by atoms with Gasteiger partial charge in [0.1, 0.15) is 0 Å². The van der Waals surface area contributed by atoms with Crippen LogP contribution in [-0.4, -0.2) is 20.7 Å². The number of rotatable bonds is 4. The van der Waals surface area contributed by atoms with Gasteiger partial charge in [0, 0.05) is 24.5 Å². The number of nitrogens with zero attached hydrogens (tertiary/aromatic N) is 3. The van der Waals surface area contributed by atoms with Crippen LogP contribution < -0.4 is 5.32 Å². The molecule has 0 spiro atoms. The van der Waals surface area contributed by atoms with Crippen molar-refractivity contribution < 1.29 is 4.79 Å². The summed E-state index contributed by atoms with van der Waals surface area (Å²) in [5.41, 5.74) is 1.88. The lowest BCUT2D eigenvalue weighted by molar-refractivity contribution is -0.116. The Hall–Kier alpha value is -1.69. The molecule has 2 rings (SSSR count). The molecule has 17 heavy (non-hydrogen) atoms. The third kappa shape index (κ3) is 3.39. The molecular weight excluding hydrogens is 236 g/mol. The van der Waals surface area contributed by atoms with E-state index in [-0.39, 0.29) is 5.91 Å². The quantitative estimate of drug-likeness (QED) is 0.902. The van der Waals surface area contributed by atoms with Crippen molar-refractivity contribution in [2.45, 2.75) is 26.8 Å². The summed E-state index contributed by atoms with van der Waals surface area (Å²) in [4.78, 5) is 15.8. The number of carbonyl (C=O) groups excluding carboxylic acids is 1. The number of aryl methyl sites for hydroxylation is 3. The van der Waals surface area contributed by atoms with E-state index in [2.05, 4.69) is 15.4 Å². The smallest absolute Gasteiger partial charge is 0.228 e. The first-order valence-electron chi connectivity index (χ1n) is 5.35. The van der Waals surface area contributed by atoms with Crippen molar-refractivity contribution >= 4 is 22.4 Å². The average molecular weight is 250 g/mol. The van der Waals surface area contributed by atoms with Crippen LogP contribution in [0.3, 0.4) is 0 Å². The minimum atomic E-state index is -0.0347. The maximum absolute atomic E-state index is 11.6. The number of aromatic nitrogens is 3. The lowest BCUT2D eigenvalue weighted by Crippen LogP contribution is -2.14. The third-order valence-corrected chi connectivity index (χ3v) is 3.08. The molecule has 90 valence electrons. The van der Waals surface area contributed by atoms with Gasteiger partial charge in [-0.1, -0.05) is 0 Å². The predicted molar refractivity (Wildman–Crippen MR) is 67.1 cm³/mol. The van der Waals surface area contributed by atoms with Crippen LogP contribution in [0.5, 0.6) is 0 Å². The van der Waals surface area contributed by atoms with Gasteiger partial charge in [0.25, 0.3) is 0 Å². The molecule has 0 fully saturated rings. The summed E-state index contributed by atoms with van der Waals surface area (Å²) in [5, 5.41) is 9.55. The van der Waals surface area contributed by atoms with Gasteiger partial charge in [0.2, 0.25) is 5.91 Å². The van der Waals surface area contributed by atoms with Crippen molar-refractivity contribution in [2.75, 3.05) is 5.32 Å². The SMILES string of the molecule is Cc1csc(NC(=O)CCn2ccc(C)n2)n1. The predicted octanol–water partition coefficient (Wildman–Crippen LogP) is 1.99. The van der Waals surface area contributed by atoms with E-state index in [4.69, 9.17) is 0 Å². The largest absolute Gasteiger partial charge is 0.302 e. The number of hydrogen-bond donors (Lipinski definition) is 1. The number of hydrogen-bond acceptors (Lipinski definition) is 4. The minimum Gasteiger partial charge on any atom is -0.302 e. The number of amides is 1. The van der Waals surface area contributed by atoms with Crippen molar-refractivity contribution in [3.05, 3.63) is 29.0 Å². The van der Waals surface area contributed by atoms with E-state index >= 15 is 0 Å². The van der Waals surface area contributed by atoms with Gasteiger partial charge in [-0.2, -0.15) is 5.10 Å². The van der Waals surface area contributed by atoms with E-state index in [1.807, 2.05) is 31.5 Å². The van der Waals surface area contributed by atoms with Gasteiger partial charge >= 0.3 is 0 Å². The molecule has 0 saturated heterocycles. The fourth-order valence-corrected chi connectivity index (χ4v) is 2.10. The molecule has 0 aromatic carbocycles. The second-order valence-electron chi connectivity index (χ2n) is 3.81. The summed E-state index contributed by atoms with van der Waals surface area (Å²) < 4.78 is 1.77. The van der Waals surface area contributed by atoms with Crippen LogP contribution in [0.15, 0.2) is 17.6 Å². The van der Waals surface area contributed by atoms with Gasteiger partial charge in [-0.05, 0) is 19.9 Å². The molecule has 2 aromatic heterocycles. The Morgan fingerprint density at radius 3 is 2.88 bits per heavy atom. The van der Waals surface area contributed by atoms with E-state index in [1.54, 1.807) is 4.68 Å². The minimum absolute atomic E-state index is 0.0347. The Kier molecular flexibility index (Phi) is 3.53. The first-order chi connectivity index (χ1) is 8.13. The van der Waals surface area contributed by atoms with Gasteiger partial charge in [0.15, 0.2) is 5.13 Å². The number of thiazole rings is 1. The van der Waals surface area contributed by atoms with Crippen LogP contribution in [0.2, 0.25) is 0 Å². The van der Waals surface area contributed by atoms with Crippen molar-refractivity contribution in [2.24, 2.45) is 0 Å². The molecule has 6 heteroatoms. The Morgan fingerprint density at radius 2 is 2.29 bits per heavy atom. The summed E-state index contributed by atoms with van der Waals surface area (Å²) in [6.45, 7) is 4.41. The summed E-state index contributed by atoms with van der Waals surface area (Å²) in [6, 6.07) is 1.92. The van der Waals surface area contributed by atoms with E-state index in [9.17, 15) is 4.79 Å². The second kappa shape index (κ2) is 5.09. The molecule has 5 nitrogen and oxygen atoms in total. The van der Waals surface area contributed by atoms with Crippen molar-refractivity contribution in [1.82, 2.24) is 14.8 Å². The first-order valence-corrected chi connectivity index (χ1v) is 6.23. The van der Waals surface area contributed by atoms with Gasteiger partial charge in [-0.15, -0.1) is 11.3 Å². The van der Waals surface area contributed by atoms with Crippen LogP contribution in [-0.2, 0) is 11.3 Å². The molecule has 0 aliphatic rings. The van der Waals surface area contributed by atoms with Crippen LogP contribution in [0.4, 0.5) is 5.13 Å². The standard InChI is InChI=1S/C11H14N4OS/c1-8-3-5-15(14-8)6-4-10(16)13-11-12-9(2)7-17-11/h3,5,7H,4,6H2,1-2H3,(H,12,13,16). The van der Waals surface area contributed by atoms with Gasteiger partial charge in [-0.3, -0.25) is 9.48 Å². The highest BCUT2D eigenvalue weighted by molar-refractivity contribution is 7.13. The summed E-state index contributed by atoms with van der Waals surface area (Å²) in [7, 11) is 0. The Labute approximate surface area is 103 Å². The van der Waals surface area contributed by atoms with E-state index in [1.165, 1.54) is 11.3 Å². The third-order valence-electron chi connectivity index (χ3n) is 2.21. The van der Waals surface area contributed by atoms with Gasteiger partial charge < -0.3 is 5.32 Å². The summed E-state index contributed by atoms with van der Waals surface area (Å²) in [5.74, 6) is -0.0347. The summed E-state index contributed by atoms with van der Waals surface area (Å²) in [6.07, 6.45) is 2.27. The van der Waals surface area contributed by atoms with E-state index in [0.29, 0.717) is 18.1 Å². The maximum Gasteiger partial charge on any atom is 0.228 e. The van der Waals surface area contributed by atoms with E-state index in [0.717, 1.165) is 11.4 Å². The fourth-order valence-electron chi connectivity index (χ4n) is 1.40. The van der Waals surface area contributed by atoms with Gasteiger partial charge in [0.05, 0.1) is 11.4 Å². The van der Waals surface area contributed by atoms with Crippen LogP contribution in [0, 0.1) is 13.8 Å². The molecule has 0 radical (unpaired) electrons. The molecule has 0 bridgehead atoms. The number of nitrogens with one attached hydrogen (secondary N) is 1. The average Bonchev–Trinajstić information content (AvgIpc) is 2.85. The molecule has 0 saturated carbocycles. The zero-order valence-electron chi connectivity index (χ0n) is 9.80. The zero-order chi connectivity index (χ0) is 12.3. The van der Waals surface area contributed by atoms with E-state index < -0.39 is 0 Å². The lowest BCUT2D eigenvalue weighted by Gasteiger charge is -2.02. The Morgan fingerprint density at radius 1 is 1.47 bits per heavy atom. The van der Waals surface area contributed by atoms with Crippen molar-refractivity contribution in [3.8, 4) is 0 Å². The number of anilines is 1. The Balaban J connectivity index is 1.82. The van der Waals surface area contributed by atoms with Crippen molar-refractivity contribution in [3.63, 3.8) is 0 Å². The highest BCUT2D eigenvalue weighted by Gasteiger charge is 2.05. The van der Waals surface area contributed by atoms with Crippen LogP contribution in [0.25, 0.3) is 0 Å². The van der Waals surface area contributed by atoms with Crippen LogP contribution in [0.1, 0.15) is 17.8 Å². The number of carbonyl (C=O) groups is 1. The van der Waals surface area contributed by atoms with Crippen LogP contribution >= 0.6 is 11.3 Å². The second-order valence-corrected chi connectivity index (χ2v) is 4.67. The maximum atomic E-state index is 11.6. The lowest BCUT2D eigenvalue weighted by atomic mass is 10.4. The molecule has 2 aromatic rings. The molecule has 2 heterocycles. The fraction of sp³-hybridized carbons (Fsp3) is 0.364. The topological polar surface area (TPSA) is 59.8 Å². The molecule has 1 N–H and O–H groups in total. The normalized spacial score (nSPS) is 10.5. The molecule has 0 unspecified atom stereocenters. The van der Waals surface area contributed by atoms with Crippen molar-refractivity contribution in [1.29, 1.82) is 0 Å². The Bertz CT molecular complexity index is 517. The molecular formula is C11H14N4OS. The summed E-state index contributed by atoms with van der Waals surface area (Å²) >= 11 is 1.44. The molecule has 0 atom stereocenters. The zero-order valence-corrected chi connectivity index (χ0v) is 10.6. The highest BCUT2D eigenvalue weighted by Crippen LogP contribution is 2.14.